The number of nitrogens with two attached hydrogens (primary N) is 1. The zero-order valence-corrected chi connectivity index (χ0v) is 20.9. The van der Waals surface area contributed by atoms with Crippen LogP contribution in [0.4, 0.5) is 5.69 Å². The molecule has 34 heavy (non-hydrogen) atoms. The molecule has 2 saturated heterocycles. The topological polar surface area (TPSA) is 97.9 Å². The van der Waals surface area contributed by atoms with Gasteiger partial charge in [0.2, 0.25) is 5.91 Å². The number of para-hydroxylation sites is 1. The predicted molar refractivity (Wildman–Crippen MR) is 140 cm³/mol. The van der Waals surface area contributed by atoms with Gasteiger partial charge in [0.15, 0.2) is 0 Å². The van der Waals surface area contributed by atoms with Gasteiger partial charge in [-0.2, -0.15) is 0 Å². The van der Waals surface area contributed by atoms with E-state index in [1.165, 1.54) is 16.7 Å². The molecule has 0 atom stereocenters. The number of benzene rings is 1. The first-order valence-corrected chi connectivity index (χ1v) is 12.5. The molecule has 0 spiro atoms. The van der Waals surface area contributed by atoms with Crippen molar-refractivity contribution < 1.29 is 14.3 Å². The van der Waals surface area contributed by atoms with E-state index in [0.29, 0.717) is 60.4 Å². The van der Waals surface area contributed by atoms with Gasteiger partial charge in [-0.05, 0) is 31.9 Å². The van der Waals surface area contributed by atoms with Gasteiger partial charge in [0.1, 0.15) is 4.32 Å². The summed E-state index contributed by atoms with van der Waals surface area (Å²) < 4.78 is 7.28. The van der Waals surface area contributed by atoms with Crippen LogP contribution in [0.5, 0.6) is 0 Å². The monoisotopic (exact) mass is 500 g/mol. The van der Waals surface area contributed by atoms with Crippen molar-refractivity contribution in [2.45, 2.75) is 26.3 Å². The van der Waals surface area contributed by atoms with Crippen molar-refractivity contribution in [3.05, 3.63) is 45.1 Å². The van der Waals surface area contributed by atoms with Crippen LogP contribution in [0.25, 0.3) is 17.0 Å². The number of nitrogens with zero attached hydrogens (tertiary/aromatic N) is 3. The number of methoxy groups -OCH3 is 1. The van der Waals surface area contributed by atoms with E-state index in [2.05, 4.69) is 4.90 Å². The van der Waals surface area contributed by atoms with Crippen LogP contribution >= 0.6 is 24.0 Å². The van der Waals surface area contributed by atoms with Gasteiger partial charge in [-0.1, -0.05) is 42.2 Å². The minimum atomic E-state index is -0.286. The SMILES string of the molecule is CCn1c(=O)c(C=C2SC(=S)N(CCOC)C2=O)c(N2CCC(C(N)=O)CC2)c2ccccc21. The lowest BCUT2D eigenvalue weighted by atomic mass is 9.94. The van der Waals surface area contributed by atoms with Crippen LogP contribution in [0.2, 0.25) is 0 Å². The lowest BCUT2D eigenvalue weighted by molar-refractivity contribution is -0.123. The molecule has 0 bridgehead atoms. The molecule has 2 N–H and O–H groups in total. The number of hydrogen-bond donors (Lipinski definition) is 1. The number of pyridine rings is 1. The summed E-state index contributed by atoms with van der Waals surface area (Å²) in [4.78, 5) is 42.6. The quantitative estimate of drug-likeness (QED) is 0.461. The highest BCUT2D eigenvalue weighted by Gasteiger charge is 2.33. The molecule has 0 saturated carbocycles. The van der Waals surface area contributed by atoms with E-state index in [0.717, 1.165) is 16.6 Å². The summed E-state index contributed by atoms with van der Waals surface area (Å²) >= 11 is 6.61. The minimum Gasteiger partial charge on any atom is -0.383 e. The molecule has 10 heteroatoms. The largest absolute Gasteiger partial charge is 0.383 e. The van der Waals surface area contributed by atoms with Crippen LogP contribution in [-0.2, 0) is 20.9 Å². The van der Waals surface area contributed by atoms with E-state index < -0.39 is 0 Å². The third-order valence-corrected chi connectivity index (χ3v) is 7.76. The first-order chi connectivity index (χ1) is 16.4. The number of aromatic nitrogens is 1. The molecule has 2 amide bonds. The number of rotatable bonds is 7. The number of thiocarbonyl (C=S) groups is 1. The van der Waals surface area contributed by atoms with E-state index in [1.54, 1.807) is 17.8 Å². The summed E-state index contributed by atoms with van der Waals surface area (Å²) in [5.41, 5.74) is 7.47. The molecular weight excluding hydrogens is 472 g/mol. The molecule has 8 nitrogen and oxygen atoms in total. The summed E-state index contributed by atoms with van der Waals surface area (Å²) in [6.07, 6.45) is 2.93. The second kappa shape index (κ2) is 10.3. The van der Waals surface area contributed by atoms with Crippen LogP contribution in [0.1, 0.15) is 25.3 Å². The number of amides is 2. The molecule has 1 aromatic carbocycles. The predicted octanol–water partition coefficient (Wildman–Crippen LogP) is 2.57. The third kappa shape index (κ3) is 4.49. The number of ether oxygens (including phenoxy) is 1. The Morgan fingerprint density at radius 2 is 1.97 bits per heavy atom. The second-order valence-electron chi connectivity index (χ2n) is 8.32. The van der Waals surface area contributed by atoms with Crippen molar-refractivity contribution in [2.24, 2.45) is 11.7 Å². The Kier molecular flexibility index (Phi) is 7.39. The van der Waals surface area contributed by atoms with Crippen LogP contribution in [0.15, 0.2) is 34.0 Å². The first kappa shape index (κ1) is 24.4. The van der Waals surface area contributed by atoms with Crippen molar-refractivity contribution >= 4 is 62.8 Å². The van der Waals surface area contributed by atoms with Gasteiger partial charge in [-0.25, -0.2) is 0 Å². The number of carbonyl (C=O) groups excluding carboxylic acids is 2. The third-order valence-electron chi connectivity index (χ3n) is 6.38. The standard InChI is InChI=1S/C24H28N4O4S2/c1-3-27-18-7-5-4-6-16(18)20(26-10-8-15(9-11-26)21(25)29)17(22(27)30)14-19-23(31)28(12-13-32-2)24(33)34-19/h4-7,14-15H,3,8-13H2,1-2H3,(H2,25,29). The number of fused-ring (bicyclic) bond motifs is 1. The fourth-order valence-corrected chi connectivity index (χ4v) is 5.88. The number of hydrogen-bond acceptors (Lipinski definition) is 7. The fourth-order valence-electron chi connectivity index (χ4n) is 4.59. The van der Waals surface area contributed by atoms with Gasteiger partial charge in [0, 0.05) is 38.0 Å². The molecule has 180 valence electrons. The number of piperidine rings is 1. The van der Waals surface area contributed by atoms with Crippen LogP contribution in [0.3, 0.4) is 0 Å². The molecule has 1 aromatic heterocycles. The second-order valence-corrected chi connectivity index (χ2v) is 9.99. The number of carbonyl (C=O) groups is 2. The normalized spacial score (nSPS) is 18.5. The zero-order chi connectivity index (χ0) is 24.4. The highest BCUT2D eigenvalue weighted by atomic mass is 32.2. The maximum absolute atomic E-state index is 13.7. The summed E-state index contributed by atoms with van der Waals surface area (Å²) in [5.74, 6) is -0.675. The Morgan fingerprint density at radius 3 is 2.62 bits per heavy atom. The summed E-state index contributed by atoms with van der Waals surface area (Å²) in [6.45, 7) is 4.37. The van der Waals surface area contributed by atoms with Gasteiger partial charge in [-0.15, -0.1) is 0 Å². The number of thioether (sulfide) groups is 1. The molecule has 2 aliphatic heterocycles. The van der Waals surface area contributed by atoms with Crippen molar-refractivity contribution in [3.63, 3.8) is 0 Å². The van der Waals surface area contributed by atoms with Crippen LogP contribution in [0, 0.1) is 5.92 Å². The average Bonchev–Trinajstić information content (AvgIpc) is 3.10. The lowest BCUT2D eigenvalue weighted by Crippen LogP contribution is -2.40. The Morgan fingerprint density at radius 1 is 1.26 bits per heavy atom. The average molecular weight is 501 g/mol. The number of aryl methyl sites for hydroxylation is 1. The molecule has 3 heterocycles. The van der Waals surface area contributed by atoms with E-state index in [9.17, 15) is 14.4 Å². The van der Waals surface area contributed by atoms with Gasteiger partial charge in [0.25, 0.3) is 11.5 Å². The molecule has 2 fully saturated rings. The Bertz CT molecular complexity index is 1230. The van der Waals surface area contributed by atoms with Crippen molar-refractivity contribution in [1.82, 2.24) is 9.47 Å². The molecule has 2 aromatic rings. The smallest absolute Gasteiger partial charge is 0.266 e. The van der Waals surface area contributed by atoms with E-state index >= 15 is 0 Å². The van der Waals surface area contributed by atoms with Crippen LogP contribution in [-0.4, -0.2) is 59.0 Å². The molecule has 2 aliphatic rings. The van der Waals surface area contributed by atoms with Gasteiger partial charge >= 0.3 is 0 Å². The van der Waals surface area contributed by atoms with E-state index in [1.807, 2.05) is 31.2 Å². The number of primary amides is 1. The zero-order valence-electron chi connectivity index (χ0n) is 19.3. The fraction of sp³-hybridized carbons (Fsp3) is 0.417. The molecular formula is C24H28N4O4S2. The van der Waals surface area contributed by atoms with Crippen molar-refractivity contribution in [3.8, 4) is 0 Å². The van der Waals surface area contributed by atoms with Crippen LogP contribution < -0.4 is 16.2 Å². The van der Waals surface area contributed by atoms with E-state index in [-0.39, 0.29) is 23.3 Å². The van der Waals surface area contributed by atoms with Gasteiger partial charge in [0.05, 0.1) is 34.8 Å². The summed E-state index contributed by atoms with van der Waals surface area (Å²) in [6, 6.07) is 7.80. The first-order valence-electron chi connectivity index (χ1n) is 11.3. The molecule has 0 unspecified atom stereocenters. The highest BCUT2D eigenvalue weighted by molar-refractivity contribution is 8.26. The van der Waals surface area contributed by atoms with Gasteiger partial charge < -0.3 is 19.9 Å². The molecule has 0 radical (unpaired) electrons. The van der Waals surface area contributed by atoms with Gasteiger partial charge in [-0.3, -0.25) is 19.3 Å². The molecule has 0 aliphatic carbocycles. The lowest BCUT2D eigenvalue weighted by Gasteiger charge is -2.34. The Hall–Kier alpha value is -2.69. The van der Waals surface area contributed by atoms with Crippen molar-refractivity contribution in [2.75, 3.05) is 38.3 Å². The maximum atomic E-state index is 13.7. The summed E-state index contributed by atoms with van der Waals surface area (Å²) in [7, 11) is 1.57. The van der Waals surface area contributed by atoms with E-state index in [4.69, 9.17) is 22.7 Å². The number of anilines is 1. The minimum absolute atomic E-state index is 0.157. The maximum Gasteiger partial charge on any atom is 0.266 e. The Balaban J connectivity index is 1.85. The highest BCUT2D eigenvalue weighted by Crippen LogP contribution is 2.37. The molecule has 4 rings (SSSR count). The summed E-state index contributed by atoms with van der Waals surface area (Å²) in [5, 5.41) is 0.933. The van der Waals surface area contributed by atoms with Crippen molar-refractivity contribution in [1.29, 1.82) is 0 Å². The Labute approximate surface area is 207 Å².